The molecule has 1 rings (SSSR count). The second-order valence-corrected chi connectivity index (χ2v) is 2.64. The average molecular weight is 182 g/mol. The maximum absolute atomic E-state index is 11.3. The summed E-state index contributed by atoms with van der Waals surface area (Å²) in [6.45, 7) is 3.20. The third-order valence-electron chi connectivity index (χ3n) is 1.64. The highest BCUT2D eigenvalue weighted by Crippen LogP contribution is 2.06. The molecule has 0 amide bonds. The number of methoxy groups -OCH3 is 1. The van der Waals surface area contributed by atoms with E-state index in [0.29, 0.717) is 5.76 Å². The molecule has 0 unspecified atom stereocenters. The first-order valence-corrected chi connectivity index (χ1v) is 3.76. The molecule has 0 spiro atoms. The number of ether oxygens (including phenoxy) is 1. The number of hydrogen-bond acceptors (Lipinski definition) is 4. The van der Waals surface area contributed by atoms with Crippen molar-refractivity contribution in [1.29, 1.82) is 0 Å². The van der Waals surface area contributed by atoms with Gasteiger partial charge in [0.1, 0.15) is 17.1 Å². The fraction of sp³-hybridized carbons (Fsp3) is 0.333. The van der Waals surface area contributed by atoms with E-state index < -0.39 is 5.97 Å². The molecule has 0 fully saturated rings. The van der Waals surface area contributed by atoms with E-state index in [1.807, 2.05) is 0 Å². The number of carbonyl (C=O) groups is 1. The Morgan fingerprint density at radius 1 is 1.46 bits per heavy atom. The molecule has 0 aromatic carbocycles. The van der Waals surface area contributed by atoms with Crippen molar-refractivity contribution in [3.8, 4) is 0 Å². The Morgan fingerprint density at radius 3 is 2.54 bits per heavy atom. The van der Waals surface area contributed by atoms with Crippen molar-refractivity contribution >= 4 is 5.97 Å². The summed E-state index contributed by atoms with van der Waals surface area (Å²) in [6.07, 6.45) is 0. The van der Waals surface area contributed by atoms with Crippen molar-refractivity contribution in [3.63, 3.8) is 0 Å². The predicted molar refractivity (Wildman–Crippen MR) is 45.8 cm³/mol. The molecule has 4 heteroatoms. The van der Waals surface area contributed by atoms with E-state index in [1.54, 1.807) is 13.8 Å². The summed E-state index contributed by atoms with van der Waals surface area (Å²) in [5, 5.41) is 0. The number of hydrogen-bond donors (Lipinski definition) is 0. The summed E-state index contributed by atoms with van der Waals surface area (Å²) in [4.78, 5) is 22.4. The molecule has 0 saturated carbocycles. The summed E-state index contributed by atoms with van der Waals surface area (Å²) >= 11 is 0. The fourth-order valence-corrected chi connectivity index (χ4v) is 1.10. The van der Waals surface area contributed by atoms with Gasteiger partial charge in [0, 0.05) is 6.07 Å². The molecule has 0 aliphatic carbocycles. The van der Waals surface area contributed by atoms with Crippen LogP contribution in [0.15, 0.2) is 15.3 Å². The molecule has 1 aromatic rings. The minimum Gasteiger partial charge on any atom is -0.465 e. The average Bonchev–Trinajstić information content (AvgIpc) is 2.02. The van der Waals surface area contributed by atoms with Crippen molar-refractivity contribution in [2.24, 2.45) is 0 Å². The van der Waals surface area contributed by atoms with Crippen molar-refractivity contribution in [2.75, 3.05) is 7.11 Å². The first kappa shape index (κ1) is 9.51. The van der Waals surface area contributed by atoms with E-state index >= 15 is 0 Å². The minimum absolute atomic E-state index is 0.0342. The Bertz CT molecular complexity index is 389. The molecule has 1 heterocycles. The van der Waals surface area contributed by atoms with Crippen molar-refractivity contribution in [1.82, 2.24) is 0 Å². The van der Waals surface area contributed by atoms with Crippen LogP contribution in [0.25, 0.3) is 0 Å². The van der Waals surface area contributed by atoms with Gasteiger partial charge in [-0.1, -0.05) is 0 Å². The molecule has 0 aliphatic rings. The van der Waals surface area contributed by atoms with Gasteiger partial charge in [-0.05, 0) is 13.8 Å². The monoisotopic (exact) mass is 182 g/mol. The highest BCUT2D eigenvalue weighted by atomic mass is 16.5. The first-order chi connectivity index (χ1) is 6.06. The van der Waals surface area contributed by atoms with Crippen LogP contribution in [0, 0.1) is 13.8 Å². The Hall–Kier alpha value is -1.58. The second-order valence-electron chi connectivity index (χ2n) is 2.64. The van der Waals surface area contributed by atoms with Crippen LogP contribution < -0.4 is 5.43 Å². The third kappa shape index (κ3) is 1.77. The Balaban J connectivity index is 3.38. The van der Waals surface area contributed by atoms with E-state index in [9.17, 15) is 9.59 Å². The fourth-order valence-electron chi connectivity index (χ4n) is 1.10. The molecule has 4 nitrogen and oxygen atoms in total. The summed E-state index contributed by atoms with van der Waals surface area (Å²) in [5.41, 5.74) is -0.402. The summed E-state index contributed by atoms with van der Waals surface area (Å²) in [5.74, 6) is 0.109. The lowest BCUT2D eigenvalue weighted by atomic mass is 10.2. The SMILES string of the molecule is COC(=O)c1c(C)oc(C)cc1=O. The molecule has 70 valence electrons. The van der Waals surface area contributed by atoms with Gasteiger partial charge in [0.25, 0.3) is 0 Å². The highest BCUT2D eigenvalue weighted by molar-refractivity contribution is 5.89. The van der Waals surface area contributed by atoms with Crippen LogP contribution in [0.4, 0.5) is 0 Å². The molecule has 0 radical (unpaired) electrons. The third-order valence-corrected chi connectivity index (χ3v) is 1.64. The molecule has 1 aromatic heterocycles. The van der Waals surface area contributed by atoms with Gasteiger partial charge in [0.2, 0.25) is 0 Å². The van der Waals surface area contributed by atoms with Gasteiger partial charge in [-0.15, -0.1) is 0 Å². The van der Waals surface area contributed by atoms with Crippen LogP contribution in [-0.2, 0) is 4.74 Å². The van der Waals surface area contributed by atoms with Gasteiger partial charge in [0.05, 0.1) is 7.11 Å². The zero-order valence-electron chi connectivity index (χ0n) is 7.71. The summed E-state index contributed by atoms with van der Waals surface area (Å²) < 4.78 is 9.55. The van der Waals surface area contributed by atoms with Gasteiger partial charge in [-0.3, -0.25) is 4.79 Å². The Labute approximate surface area is 75.1 Å². The van der Waals surface area contributed by atoms with Gasteiger partial charge >= 0.3 is 5.97 Å². The van der Waals surface area contributed by atoms with Crippen LogP contribution in [-0.4, -0.2) is 13.1 Å². The number of aryl methyl sites for hydroxylation is 2. The maximum Gasteiger partial charge on any atom is 0.345 e. The topological polar surface area (TPSA) is 56.5 Å². The smallest absolute Gasteiger partial charge is 0.345 e. The number of esters is 1. The van der Waals surface area contributed by atoms with Gasteiger partial charge in [-0.2, -0.15) is 0 Å². The lowest BCUT2D eigenvalue weighted by Gasteiger charge is -2.02. The van der Waals surface area contributed by atoms with Crippen LogP contribution in [0.5, 0.6) is 0 Å². The maximum atomic E-state index is 11.3. The summed E-state index contributed by atoms with van der Waals surface area (Å²) in [6, 6.07) is 1.26. The standard InChI is InChI=1S/C9H10O4/c1-5-4-7(10)8(6(2)13-5)9(11)12-3/h4H,1-3H3. The van der Waals surface area contributed by atoms with E-state index in [-0.39, 0.29) is 16.8 Å². The van der Waals surface area contributed by atoms with Crippen LogP contribution in [0.3, 0.4) is 0 Å². The normalized spacial score (nSPS) is 9.77. The zero-order chi connectivity index (χ0) is 10.0. The first-order valence-electron chi connectivity index (χ1n) is 3.76. The van der Waals surface area contributed by atoms with Crippen molar-refractivity contribution in [2.45, 2.75) is 13.8 Å². The molecule has 0 bridgehead atoms. The molecule has 0 saturated heterocycles. The Morgan fingerprint density at radius 2 is 2.08 bits per heavy atom. The van der Waals surface area contributed by atoms with Crippen molar-refractivity contribution < 1.29 is 13.9 Å². The Kier molecular flexibility index (Phi) is 2.51. The minimum atomic E-state index is -0.661. The molecular weight excluding hydrogens is 172 g/mol. The van der Waals surface area contributed by atoms with Crippen molar-refractivity contribution in [3.05, 3.63) is 33.4 Å². The van der Waals surface area contributed by atoms with Gasteiger partial charge in [-0.25, -0.2) is 4.79 Å². The molecule has 0 N–H and O–H groups in total. The van der Waals surface area contributed by atoms with Gasteiger partial charge in [0.15, 0.2) is 5.43 Å². The van der Waals surface area contributed by atoms with E-state index in [2.05, 4.69) is 4.74 Å². The van der Waals surface area contributed by atoms with Crippen LogP contribution >= 0.6 is 0 Å². The molecule has 0 aliphatic heterocycles. The molecule has 13 heavy (non-hydrogen) atoms. The predicted octanol–water partition coefficient (Wildman–Crippen LogP) is 1.04. The van der Waals surface area contributed by atoms with Gasteiger partial charge < -0.3 is 9.15 Å². The number of rotatable bonds is 1. The largest absolute Gasteiger partial charge is 0.465 e. The van der Waals surface area contributed by atoms with E-state index in [0.717, 1.165) is 0 Å². The number of carbonyl (C=O) groups excluding carboxylic acids is 1. The van der Waals surface area contributed by atoms with Crippen LogP contribution in [0.1, 0.15) is 21.9 Å². The van der Waals surface area contributed by atoms with Crippen LogP contribution in [0.2, 0.25) is 0 Å². The lowest BCUT2D eigenvalue weighted by molar-refractivity contribution is 0.0595. The zero-order valence-corrected chi connectivity index (χ0v) is 7.71. The molecule has 0 atom stereocenters. The lowest BCUT2D eigenvalue weighted by Crippen LogP contribution is -2.17. The highest BCUT2D eigenvalue weighted by Gasteiger charge is 2.15. The quantitative estimate of drug-likeness (QED) is 0.609. The van der Waals surface area contributed by atoms with E-state index in [4.69, 9.17) is 4.42 Å². The second kappa shape index (κ2) is 3.43. The molecular formula is C9H10O4. The van der Waals surface area contributed by atoms with E-state index in [1.165, 1.54) is 13.2 Å². The summed E-state index contributed by atoms with van der Waals surface area (Å²) in [7, 11) is 1.22.